The van der Waals surface area contributed by atoms with Crippen LogP contribution in [0.15, 0.2) is 376 Å². The van der Waals surface area contributed by atoms with Gasteiger partial charge in [-0.25, -0.2) is 0 Å². The summed E-state index contributed by atoms with van der Waals surface area (Å²) in [6.45, 7) is 0. The van der Waals surface area contributed by atoms with Crippen molar-refractivity contribution in [3.05, 3.63) is 399 Å². The molecule has 0 atom stereocenters. The Morgan fingerprint density at radius 1 is 0.188 bits per heavy atom. The van der Waals surface area contributed by atoms with Crippen molar-refractivity contribution in [1.29, 1.82) is 0 Å². The Kier molecular flexibility index (Phi) is 12.7. The molecule has 12 aromatic rings. The van der Waals surface area contributed by atoms with Gasteiger partial charge in [0.05, 0.1) is 121 Å². The van der Waals surface area contributed by atoms with Crippen LogP contribution >= 0.6 is 0 Å². The molecule has 8 heteroatoms. The van der Waals surface area contributed by atoms with Gasteiger partial charge in [-0.2, -0.15) is 0 Å². The monoisotopic (exact) mass is 1290 g/mol. The molecule has 0 unspecified atom stereocenters. The van der Waals surface area contributed by atoms with Gasteiger partial charge in [-0.05, 0) is 167 Å². The Morgan fingerprint density at radius 2 is 0.366 bits per heavy atom. The zero-order chi connectivity index (χ0) is 66.3. The molecule has 5 aliphatic carbocycles. The summed E-state index contributed by atoms with van der Waals surface area (Å²) in [6.07, 6.45) is 35.8. The third kappa shape index (κ3) is 8.42. The molecule has 12 aromatic carbocycles. The first-order chi connectivity index (χ1) is 50.2. The van der Waals surface area contributed by atoms with E-state index in [1.165, 1.54) is 22.3 Å². The van der Waals surface area contributed by atoms with Crippen LogP contribution in [0.3, 0.4) is 0 Å². The maximum Gasteiger partial charge on any atom is 0.0716 e. The normalized spacial score (nSPS) is 16.8. The molecule has 0 saturated heterocycles. The number of nitrogens with zero attached hydrogens (tertiary/aromatic N) is 8. The standard InChI is InChI=1S/C93H66N8/c1-2-30-65(29-1)94-77-41-13-21-49-85(77)98(86-50-22-14-42-78(86)94)69-57-63(58-70(61-69)99-87-51-23-15-43-79(87)95(66-31-3-4-32-66)80-44-16-24-52-88(80)99)93(75-39-11-9-37-73(75)74-38-10-12-40-76(74)93)64-59-71(100-89-53-25-17-45-81(89)96(67-33-5-6-34-67)82-46-18-26-54-90(82)100)62-72(60-64)101-91-55-27-19-47-83(91)97(68-35-7-8-36-68)84-48-20-28-56-92(84)101/h1-62,65-68H. The van der Waals surface area contributed by atoms with E-state index < -0.39 is 5.41 Å². The third-order valence-corrected chi connectivity index (χ3v) is 21.8. The zero-order valence-electron chi connectivity index (χ0n) is 55.2. The number of fused-ring (bicyclic) bond motifs is 11. The largest absolute Gasteiger partial charge is 0.327 e. The van der Waals surface area contributed by atoms with E-state index >= 15 is 0 Å². The minimum absolute atomic E-state index is 0.0306. The highest BCUT2D eigenvalue weighted by Crippen LogP contribution is 2.64. The number of hydrogen-bond acceptors (Lipinski definition) is 8. The molecule has 0 radical (unpaired) electrons. The fourth-order valence-electron chi connectivity index (χ4n) is 17.8. The van der Waals surface area contributed by atoms with Crippen LogP contribution in [0.5, 0.6) is 0 Å². The van der Waals surface area contributed by atoms with Crippen molar-refractivity contribution in [1.82, 2.24) is 0 Å². The molecule has 0 amide bonds. The molecule has 0 saturated carbocycles. The van der Waals surface area contributed by atoms with Crippen molar-refractivity contribution >= 4 is 114 Å². The molecule has 0 fully saturated rings. The lowest BCUT2D eigenvalue weighted by Crippen LogP contribution is -2.35. The summed E-state index contributed by atoms with van der Waals surface area (Å²) >= 11 is 0. The number of rotatable bonds is 10. The maximum atomic E-state index is 2.55. The van der Waals surface area contributed by atoms with Gasteiger partial charge in [0, 0.05) is 22.7 Å². The number of para-hydroxylation sites is 16. The molecule has 4 heterocycles. The predicted octanol–water partition coefficient (Wildman–Crippen LogP) is 23.7. The molecule has 0 aromatic heterocycles. The second kappa shape index (κ2) is 22.5. The maximum absolute atomic E-state index is 2.55. The average Bonchev–Trinajstić information content (AvgIpc) is 1.60. The van der Waals surface area contributed by atoms with Crippen LogP contribution < -0.4 is 39.2 Å². The first-order valence-corrected chi connectivity index (χ1v) is 35.2. The lowest BCUT2D eigenvalue weighted by Gasteiger charge is -2.45. The molecular formula is C93H66N8. The molecule has 8 nitrogen and oxygen atoms in total. The van der Waals surface area contributed by atoms with Crippen LogP contribution in [0.1, 0.15) is 22.3 Å². The van der Waals surface area contributed by atoms with Gasteiger partial charge < -0.3 is 39.2 Å². The molecule has 9 aliphatic rings. The summed E-state index contributed by atoms with van der Waals surface area (Å²) in [5, 5.41) is 0. The van der Waals surface area contributed by atoms with Gasteiger partial charge in [-0.3, -0.25) is 0 Å². The molecule has 0 bridgehead atoms. The number of allylic oxidation sites excluding steroid dienone is 8. The summed E-state index contributed by atoms with van der Waals surface area (Å²) in [5.74, 6) is 0. The van der Waals surface area contributed by atoms with Crippen LogP contribution in [0, 0.1) is 0 Å². The van der Waals surface area contributed by atoms with Crippen LogP contribution in [-0.4, -0.2) is 24.2 Å². The van der Waals surface area contributed by atoms with Gasteiger partial charge in [-0.1, -0.05) is 243 Å². The van der Waals surface area contributed by atoms with Crippen molar-refractivity contribution in [3.63, 3.8) is 0 Å². The van der Waals surface area contributed by atoms with Gasteiger partial charge in [0.15, 0.2) is 0 Å². The summed E-state index contributed by atoms with van der Waals surface area (Å²) in [7, 11) is 0. The highest BCUT2D eigenvalue weighted by molar-refractivity contribution is 6.06. The van der Waals surface area contributed by atoms with E-state index in [-0.39, 0.29) is 24.2 Å². The minimum Gasteiger partial charge on any atom is -0.327 e. The van der Waals surface area contributed by atoms with Crippen LogP contribution in [-0.2, 0) is 5.41 Å². The lowest BCUT2D eigenvalue weighted by atomic mass is 9.67. The first kappa shape index (κ1) is 57.1. The number of hydrogen-bond donors (Lipinski definition) is 0. The van der Waals surface area contributed by atoms with Gasteiger partial charge in [0.1, 0.15) is 0 Å². The van der Waals surface area contributed by atoms with Crippen molar-refractivity contribution in [3.8, 4) is 11.1 Å². The van der Waals surface area contributed by atoms with E-state index in [2.05, 4.69) is 415 Å². The topological polar surface area (TPSA) is 25.9 Å². The van der Waals surface area contributed by atoms with Crippen LogP contribution in [0.4, 0.5) is 114 Å². The van der Waals surface area contributed by atoms with E-state index in [1.807, 2.05) is 0 Å². The quantitative estimate of drug-likeness (QED) is 0.134. The molecular weight excluding hydrogens is 1230 g/mol. The zero-order valence-corrected chi connectivity index (χ0v) is 55.2. The summed E-state index contributed by atoms with van der Waals surface area (Å²) in [4.78, 5) is 20.2. The van der Waals surface area contributed by atoms with Gasteiger partial charge in [0.25, 0.3) is 0 Å². The summed E-state index contributed by atoms with van der Waals surface area (Å²) < 4.78 is 0. The van der Waals surface area contributed by atoms with Gasteiger partial charge in [-0.15, -0.1) is 0 Å². The number of anilines is 20. The second-order valence-corrected chi connectivity index (χ2v) is 27.1. The van der Waals surface area contributed by atoms with E-state index in [1.54, 1.807) is 0 Å². The molecule has 478 valence electrons. The molecule has 0 spiro atoms. The van der Waals surface area contributed by atoms with Crippen molar-refractivity contribution < 1.29 is 0 Å². The van der Waals surface area contributed by atoms with Crippen LogP contribution in [0.25, 0.3) is 11.1 Å². The number of benzene rings is 12. The third-order valence-electron chi connectivity index (χ3n) is 21.8. The minimum atomic E-state index is -0.996. The van der Waals surface area contributed by atoms with Crippen molar-refractivity contribution in [2.45, 2.75) is 29.6 Å². The van der Waals surface area contributed by atoms with E-state index in [4.69, 9.17) is 0 Å². The fraction of sp³-hybridized carbons (Fsp3) is 0.0538. The Hall–Kier alpha value is -13.0. The Morgan fingerprint density at radius 3 is 0.574 bits per heavy atom. The first-order valence-electron chi connectivity index (χ1n) is 35.2. The van der Waals surface area contributed by atoms with E-state index in [9.17, 15) is 0 Å². The molecule has 101 heavy (non-hydrogen) atoms. The highest BCUT2D eigenvalue weighted by atomic mass is 15.3. The van der Waals surface area contributed by atoms with E-state index in [0.29, 0.717) is 0 Å². The van der Waals surface area contributed by atoms with E-state index in [0.717, 1.165) is 125 Å². The van der Waals surface area contributed by atoms with Crippen molar-refractivity contribution in [2.24, 2.45) is 0 Å². The second-order valence-electron chi connectivity index (χ2n) is 27.1. The Bertz CT molecular complexity index is 4830. The smallest absolute Gasteiger partial charge is 0.0716 e. The van der Waals surface area contributed by atoms with Gasteiger partial charge in [0.2, 0.25) is 0 Å². The molecule has 4 aliphatic heterocycles. The summed E-state index contributed by atoms with van der Waals surface area (Å²) in [6, 6.07) is 106. The highest BCUT2D eigenvalue weighted by Gasteiger charge is 2.49. The predicted molar refractivity (Wildman–Crippen MR) is 419 cm³/mol. The lowest BCUT2D eigenvalue weighted by molar-refractivity contribution is 0.768. The van der Waals surface area contributed by atoms with Crippen LogP contribution in [0.2, 0.25) is 0 Å². The van der Waals surface area contributed by atoms with Gasteiger partial charge >= 0.3 is 0 Å². The average molecular weight is 1300 g/mol. The Balaban J connectivity index is 0.892. The SMILES string of the molecule is C1=CC(N2c3ccccc3N(c3cc(N4c5ccccc5N(C5C=CC=C5)c5ccccc54)cc(C4(c5cc(N6c7ccccc7N(C7C=CC=C7)c7ccccc76)cc(N6c7ccccc7N(C7C=CC=C7)c7ccccc76)c5)c5ccccc5-c5ccccc54)c3)c3ccccc32)C=C1. The van der Waals surface area contributed by atoms with Crippen molar-refractivity contribution in [2.75, 3.05) is 39.2 Å². The molecule has 21 rings (SSSR count). The summed E-state index contributed by atoms with van der Waals surface area (Å²) in [5.41, 5.74) is 28.0. The Labute approximate surface area is 588 Å². The molecule has 0 N–H and O–H groups in total. The fourth-order valence-corrected chi connectivity index (χ4v) is 17.8.